The second-order valence-corrected chi connectivity index (χ2v) is 5.66. The van der Waals surface area contributed by atoms with Gasteiger partial charge in [-0.2, -0.15) is 0 Å². The van der Waals surface area contributed by atoms with Gasteiger partial charge in [0.1, 0.15) is 24.1 Å². The molecule has 1 saturated carbocycles. The quantitative estimate of drug-likeness (QED) is 0.642. The van der Waals surface area contributed by atoms with Crippen LogP contribution in [0, 0.1) is 0 Å². The third-order valence-corrected chi connectivity index (χ3v) is 3.76. The third kappa shape index (κ3) is 5.52. The van der Waals surface area contributed by atoms with Crippen LogP contribution in [-0.2, 0) is 16.1 Å². The number of benzene rings is 1. The van der Waals surface area contributed by atoms with Crippen LogP contribution in [0.4, 0.5) is 4.39 Å². The van der Waals surface area contributed by atoms with E-state index in [1.807, 2.05) is 0 Å². The molecule has 3 N–H and O–H groups in total. The number of nitrogens with one attached hydrogen (secondary N) is 1. The number of rotatable bonds is 9. The van der Waals surface area contributed by atoms with Gasteiger partial charge in [0.2, 0.25) is 0 Å². The number of hydrogen-bond acceptors (Lipinski definition) is 4. The molecule has 7 heteroatoms. The van der Waals surface area contributed by atoms with Crippen molar-refractivity contribution in [3.63, 3.8) is 0 Å². The Morgan fingerprint density at radius 3 is 2.43 bits per heavy atom. The van der Waals surface area contributed by atoms with Crippen molar-refractivity contribution in [3.8, 4) is 5.75 Å². The van der Waals surface area contributed by atoms with Gasteiger partial charge < -0.3 is 20.3 Å². The first-order chi connectivity index (χ1) is 10.9. The van der Waals surface area contributed by atoms with Crippen LogP contribution in [-0.4, -0.2) is 40.5 Å². The van der Waals surface area contributed by atoms with Gasteiger partial charge >= 0.3 is 11.9 Å². The monoisotopic (exact) mass is 325 g/mol. The van der Waals surface area contributed by atoms with E-state index >= 15 is 0 Å². The van der Waals surface area contributed by atoms with Crippen LogP contribution < -0.4 is 10.1 Å². The number of halogens is 1. The summed E-state index contributed by atoms with van der Waals surface area (Å²) < 4.78 is 18.3. The van der Waals surface area contributed by atoms with Gasteiger partial charge in [-0.3, -0.25) is 9.59 Å². The number of ether oxygens (including phenoxy) is 1. The highest BCUT2D eigenvalue weighted by atomic mass is 19.1. The number of carboxylic acids is 2. The summed E-state index contributed by atoms with van der Waals surface area (Å²) in [6.07, 6.45) is -0.157. The zero-order valence-corrected chi connectivity index (χ0v) is 12.6. The number of carboxylic acid groups (broad SMARTS) is 2. The Hall–Kier alpha value is -2.15. The standard InChI is InChI=1S/C16H20FNO5/c17-11-7-13(8-11)23-12-3-1-10(2-4-12)9-18-14(16(21)22)5-6-15(19)20/h1-4,11,13-14,18H,5-9H2,(H,19,20)(H,21,22)/t11?,13?,14-/m0/s1. The predicted octanol–water partition coefficient (Wildman–Crippen LogP) is 1.97. The highest BCUT2D eigenvalue weighted by Crippen LogP contribution is 2.28. The molecule has 1 aliphatic rings. The molecule has 0 heterocycles. The lowest BCUT2D eigenvalue weighted by Crippen LogP contribution is -2.36. The molecule has 0 aromatic heterocycles. The molecule has 1 fully saturated rings. The number of alkyl halides is 1. The molecule has 0 amide bonds. The number of aliphatic carboxylic acids is 2. The van der Waals surface area contributed by atoms with Gasteiger partial charge in [-0.15, -0.1) is 0 Å². The van der Waals surface area contributed by atoms with E-state index in [9.17, 15) is 14.0 Å². The van der Waals surface area contributed by atoms with E-state index in [2.05, 4.69) is 5.32 Å². The maximum absolute atomic E-state index is 12.7. The van der Waals surface area contributed by atoms with Gasteiger partial charge in [0, 0.05) is 25.8 Å². The van der Waals surface area contributed by atoms with Crippen molar-refractivity contribution in [2.75, 3.05) is 0 Å². The molecule has 0 unspecified atom stereocenters. The van der Waals surface area contributed by atoms with Crippen molar-refractivity contribution in [2.24, 2.45) is 0 Å². The lowest BCUT2D eigenvalue weighted by Gasteiger charge is -2.30. The van der Waals surface area contributed by atoms with E-state index in [1.54, 1.807) is 24.3 Å². The minimum atomic E-state index is -1.07. The molecule has 126 valence electrons. The molecule has 1 aliphatic carbocycles. The summed E-state index contributed by atoms with van der Waals surface area (Å²) in [5, 5.41) is 20.5. The van der Waals surface area contributed by atoms with Crippen LogP contribution >= 0.6 is 0 Å². The fourth-order valence-electron chi connectivity index (χ4n) is 2.30. The van der Waals surface area contributed by atoms with Gasteiger partial charge in [0.15, 0.2) is 0 Å². The molecule has 0 spiro atoms. The average Bonchev–Trinajstić information content (AvgIpc) is 2.46. The van der Waals surface area contributed by atoms with Crippen molar-refractivity contribution in [3.05, 3.63) is 29.8 Å². The van der Waals surface area contributed by atoms with Crippen LogP contribution in [0.15, 0.2) is 24.3 Å². The maximum Gasteiger partial charge on any atom is 0.320 e. The molecule has 1 aromatic rings. The zero-order valence-electron chi connectivity index (χ0n) is 12.6. The van der Waals surface area contributed by atoms with Gasteiger partial charge in [-0.1, -0.05) is 12.1 Å². The summed E-state index contributed by atoms with van der Waals surface area (Å²) in [4.78, 5) is 21.6. The summed E-state index contributed by atoms with van der Waals surface area (Å²) in [6.45, 7) is 0.312. The molecule has 1 aromatic carbocycles. The first kappa shape index (κ1) is 17.2. The summed E-state index contributed by atoms with van der Waals surface area (Å²) in [5.74, 6) is -1.44. The number of hydrogen-bond donors (Lipinski definition) is 3. The molecular formula is C16H20FNO5. The van der Waals surface area contributed by atoms with Crippen molar-refractivity contribution in [1.29, 1.82) is 0 Å². The third-order valence-electron chi connectivity index (χ3n) is 3.76. The molecule has 2 rings (SSSR count). The second-order valence-electron chi connectivity index (χ2n) is 5.66. The van der Waals surface area contributed by atoms with Gasteiger partial charge in [-0.25, -0.2) is 4.39 Å². The van der Waals surface area contributed by atoms with Crippen LogP contribution in [0.5, 0.6) is 5.75 Å². The highest BCUT2D eigenvalue weighted by Gasteiger charge is 2.30. The largest absolute Gasteiger partial charge is 0.490 e. The molecule has 0 radical (unpaired) electrons. The van der Waals surface area contributed by atoms with Crippen LogP contribution in [0.1, 0.15) is 31.2 Å². The summed E-state index contributed by atoms with van der Waals surface area (Å²) in [6, 6.07) is 6.21. The van der Waals surface area contributed by atoms with Crippen LogP contribution in [0.25, 0.3) is 0 Å². The lowest BCUT2D eigenvalue weighted by atomic mass is 9.93. The first-order valence-electron chi connectivity index (χ1n) is 7.51. The fraction of sp³-hybridized carbons (Fsp3) is 0.500. The number of carbonyl (C=O) groups is 2. The Morgan fingerprint density at radius 2 is 1.91 bits per heavy atom. The fourth-order valence-corrected chi connectivity index (χ4v) is 2.30. The van der Waals surface area contributed by atoms with E-state index in [0.717, 1.165) is 5.56 Å². The van der Waals surface area contributed by atoms with Gasteiger partial charge in [0.25, 0.3) is 0 Å². The SMILES string of the molecule is O=C(O)CC[C@H](NCc1ccc(OC2CC(F)C2)cc1)C(=O)O. The molecule has 23 heavy (non-hydrogen) atoms. The van der Waals surface area contributed by atoms with Crippen molar-refractivity contribution in [2.45, 2.75) is 50.5 Å². The Bertz CT molecular complexity index is 542. The summed E-state index contributed by atoms with van der Waals surface area (Å²) >= 11 is 0. The summed E-state index contributed by atoms with van der Waals surface area (Å²) in [5.41, 5.74) is 0.857. The van der Waals surface area contributed by atoms with E-state index in [-0.39, 0.29) is 18.9 Å². The van der Waals surface area contributed by atoms with Crippen LogP contribution in [0.3, 0.4) is 0 Å². The van der Waals surface area contributed by atoms with E-state index in [0.29, 0.717) is 25.1 Å². The zero-order chi connectivity index (χ0) is 16.8. The average molecular weight is 325 g/mol. The minimum absolute atomic E-state index is 0.0257. The smallest absolute Gasteiger partial charge is 0.320 e. The van der Waals surface area contributed by atoms with E-state index in [4.69, 9.17) is 14.9 Å². The lowest BCUT2D eigenvalue weighted by molar-refractivity contribution is -0.140. The van der Waals surface area contributed by atoms with Gasteiger partial charge in [0.05, 0.1) is 0 Å². The molecule has 0 aliphatic heterocycles. The van der Waals surface area contributed by atoms with Crippen molar-refractivity contribution < 1.29 is 28.9 Å². The van der Waals surface area contributed by atoms with Crippen LogP contribution in [0.2, 0.25) is 0 Å². The van der Waals surface area contributed by atoms with Crippen molar-refractivity contribution >= 4 is 11.9 Å². The maximum atomic E-state index is 12.7. The Morgan fingerprint density at radius 1 is 1.26 bits per heavy atom. The Kier molecular flexibility index (Phi) is 5.92. The first-order valence-corrected chi connectivity index (χ1v) is 7.51. The normalized spacial score (nSPS) is 21.3. The Labute approximate surface area is 133 Å². The topological polar surface area (TPSA) is 95.9 Å². The van der Waals surface area contributed by atoms with Gasteiger partial charge in [-0.05, 0) is 24.1 Å². The molecule has 0 bridgehead atoms. The highest BCUT2D eigenvalue weighted by molar-refractivity contribution is 5.75. The predicted molar refractivity (Wildman–Crippen MR) is 80.1 cm³/mol. The minimum Gasteiger partial charge on any atom is -0.490 e. The van der Waals surface area contributed by atoms with E-state index < -0.39 is 24.2 Å². The Balaban J connectivity index is 1.79. The van der Waals surface area contributed by atoms with E-state index in [1.165, 1.54) is 0 Å². The summed E-state index contributed by atoms with van der Waals surface area (Å²) in [7, 11) is 0. The second kappa shape index (κ2) is 7.92. The van der Waals surface area contributed by atoms with Crippen molar-refractivity contribution in [1.82, 2.24) is 5.32 Å². The molecule has 6 nitrogen and oxygen atoms in total. The molecule has 0 saturated heterocycles. The molecule has 1 atom stereocenters. The molecular weight excluding hydrogens is 305 g/mol.